The van der Waals surface area contributed by atoms with E-state index in [1.54, 1.807) is 12.1 Å². The molecule has 3 aromatic rings. The highest BCUT2D eigenvalue weighted by atomic mass is 16.5. The predicted octanol–water partition coefficient (Wildman–Crippen LogP) is 5.37. The van der Waals surface area contributed by atoms with Crippen LogP contribution in [0.1, 0.15) is 46.7 Å². The van der Waals surface area contributed by atoms with Gasteiger partial charge in [0.1, 0.15) is 12.4 Å². The Labute approximate surface area is 183 Å². The Morgan fingerprint density at radius 1 is 0.903 bits per heavy atom. The van der Waals surface area contributed by atoms with Gasteiger partial charge in [0.05, 0.1) is 0 Å². The van der Waals surface area contributed by atoms with Crippen molar-refractivity contribution in [1.82, 2.24) is 5.32 Å². The summed E-state index contributed by atoms with van der Waals surface area (Å²) in [6.07, 6.45) is 4.00. The molecule has 0 bridgehead atoms. The van der Waals surface area contributed by atoms with E-state index in [0.717, 1.165) is 22.9 Å². The fourth-order valence-electron chi connectivity index (χ4n) is 3.89. The number of carbonyl (C=O) groups is 1. The SMILES string of the molecule is O=C(Nc1ccc([C@@H]2C[C@H]2NCC2CC2)cc1)c1ccc(OCc2ccccc2)cc1. The van der Waals surface area contributed by atoms with E-state index in [4.69, 9.17) is 4.74 Å². The summed E-state index contributed by atoms with van der Waals surface area (Å²) in [5.41, 5.74) is 3.90. The second kappa shape index (κ2) is 8.94. The summed E-state index contributed by atoms with van der Waals surface area (Å²) in [5, 5.41) is 6.66. The van der Waals surface area contributed by atoms with Crippen LogP contribution in [-0.4, -0.2) is 18.5 Å². The van der Waals surface area contributed by atoms with Crippen molar-refractivity contribution in [2.75, 3.05) is 11.9 Å². The number of hydrogen-bond acceptors (Lipinski definition) is 3. The highest BCUT2D eigenvalue weighted by Gasteiger charge is 2.38. The van der Waals surface area contributed by atoms with Crippen molar-refractivity contribution >= 4 is 11.6 Å². The molecule has 0 spiro atoms. The lowest BCUT2D eigenvalue weighted by atomic mass is 10.1. The molecule has 2 saturated carbocycles. The van der Waals surface area contributed by atoms with Crippen LogP contribution in [0.2, 0.25) is 0 Å². The van der Waals surface area contributed by atoms with Gasteiger partial charge in [-0.2, -0.15) is 0 Å². The zero-order chi connectivity index (χ0) is 21.0. The lowest BCUT2D eigenvalue weighted by molar-refractivity contribution is 0.102. The Morgan fingerprint density at radius 2 is 1.65 bits per heavy atom. The highest BCUT2D eigenvalue weighted by Crippen LogP contribution is 2.41. The van der Waals surface area contributed by atoms with Gasteiger partial charge in [0.25, 0.3) is 5.91 Å². The minimum absolute atomic E-state index is 0.113. The van der Waals surface area contributed by atoms with E-state index in [-0.39, 0.29) is 5.91 Å². The van der Waals surface area contributed by atoms with E-state index in [0.29, 0.717) is 24.1 Å². The Hall–Kier alpha value is -3.11. The normalized spacial score (nSPS) is 19.6. The molecule has 2 aliphatic carbocycles. The first-order chi connectivity index (χ1) is 15.2. The molecule has 2 N–H and O–H groups in total. The zero-order valence-corrected chi connectivity index (χ0v) is 17.6. The van der Waals surface area contributed by atoms with Crippen molar-refractivity contribution in [2.24, 2.45) is 5.92 Å². The van der Waals surface area contributed by atoms with Gasteiger partial charge in [-0.15, -0.1) is 0 Å². The van der Waals surface area contributed by atoms with Crippen LogP contribution in [-0.2, 0) is 6.61 Å². The molecule has 0 aliphatic heterocycles. The number of carbonyl (C=O) groups excluding carboxylic acids is 1. The van der Waals surface area contributed by atoms with Gasteiger partial charge in [-0.3, -0.25) is 4.79 Å². The summed E-state index contributed by atoms with van der Waals surface area (Å²) in [6.45, 7) is 1.68. The van der Waals surface area contributed by atoms with Crippen molar-refractivity contribution in [3.8, 4) is 5.75 Å². The van der Waals surface area contributed by atoms with Gasteiger partial charge in [-0.1, -0.05) is 42.5 Å². The summed E-state index contributed by atoms with van der Waals surface area (Å²) in [6, 6.07) is 26.2. The number of hydrogen-bond donors (Lipinski definition) is 2. The summed E-state index contributed by atoms with van der Waals surface area (Å²) >= 11 is 0. The Bertz CT molecular complexity index is 1010. The van der Waals surface area contributed by atoms with Gasteiger partial charge < -0.3 is 15.4 Å². The van der Waals surface area contributed by atoms with Crippen LogP contribution in [0.4, 0.5) is 5.69 Å². The molecule has 158 valence electrons. The fourth-order valence-corrected chi connectivity index (χ4v) is 3.89. The van der Waals surface area contributed by atoms with Crippen LogP contribution < -0.4 is 15.4 Å². The number of benzene rings is 3. The molecule has 0 saturated heterocycles. The Balaban J connectivity index is 1.11. The Kier molecular flexibility index (Phi) is 5.72. The maximum atomic E-state index is 12.6. The minimum atomic E-state index is -0.113. The summed E-state index contributed by atoms with van der Waals surface area (Å²) < 4.78 is 5.79. The van der Waals surface area contributed by atoms with Crippen LogP contribution in [0.25, 0.3) is 0 Å². The van der Waals surface area contributed by atoms with Crippen molar-refractivity contribution in [2.45, 2.75) is 37.8 Å². The van der Waals surface area contributed by atoms with Crippen LogP contribution in [0.15, 0.2) is 78.9 Å². The molecule has 5 rings (SSSR count). The first kappa shape index (κ1) is 19.8. The first-order valence-corrected chi connectivity index (χ1v) is 11.2. The van der Waals surface area contributed by atoms with Crippen molar-refractivity contribution in [3.05, 3.63) is 95.6 Å². The molecule has 0 aromatic heterocycles. The smallest absolute Gasteiger partial charge is 0.255 e. The molecule has 31 heavy (non-hydrogen) atoms. The molecule has 0 radical (unpaired) electrons. The molecular formula is C27H28N2O2. The molecular weight excluding hydrogens is 384 g/mol. The second-order valence-electron chi connectivity index (χ2n) is 8.68. The van der Waals surface area contributed by atoms with Gasteiger partial charge >= 0.3 is 0 Å². The number of ether oxygens (including phenoxy) is 1. The molecule has 4 heteroatoms. The summed E-state index contributed by atoms with van der Waals surface area (Å²) in [7, 11) is 0. The summed E-state index contributed by atoms with van der Waals surface area (Å²) in [4.78, 5) is 12.6. The lowest BCUT2D eigenvalue weighted by Crippen LogP contribution is -2.20. The van der Waals surface area contributed by atoms with Gasteiger partial charge in [0.2, 0.25) is 0 Å². The standard InChI is InChI=1S/C27H28N2O2/c30-27(22-10-14-24(15-11-22)31-18-20-4-2-1-3-5-20)29-23-12-8-21(9-13-23)25-16-26(25)28-17-19-6-7-19/h1-5,8-15,19,25-26,28H,6-7,16-18H2,(H,29,30)/t25-,26+/m0/s1. The minimum Gasteiger partial charge on any atom is -0.489 e. The third-order valence-electron chi connectivity index (χ3n) is 6.12. The number of rotatable bonds is 9. The van der Waals surface area contributed by atoms with Gasteiger partial charge in [-0.05, 0) is 79.3 Å². The molecule has 4 nitrogen and oxygen atoms in total. The average molecular weight is 413 g/mol. The second-order valence-corrected chi connectivity index (χ2v) is 8.68. The topological polar surface area (TPSA) is 50.4 Å². The van der Waals surface area contributed by atoms with Crippen LogP contribution >= 0.6 is 0 Å². The number of amides is 1. The Morgan fingerprint density at radius 3 is 2.35 bits per heavy atom. The van der Waals surface area contributed by atoms with E-state index in [9.17, 15) is 4.79 Å². The van der Waals surface area contributed by atoms with E-state index in [1.807, 2.05) is 54.6 Å². The van der Waals surface area contributed by atoms with E-state index in [2.05, 4.69) is 22.8 Å². The predicted molar refractivity (Wildman–Crippen MR) is 123 cm³/mol. The third-order valence-corrected chi connectivity index (χ3v) is 6.12. The third kappa shape index (κ3) is 5.33. The van der Waals surface area contributed by atoms with E-state index >= 15 is 0 Å². The van der Waals surface area contributed by atoms with E-state index in [1.165, 1.54) is 31.4 Å². The van der Waals surface area contributed by atoms with Crippen LogP contribution in [0.3, 0.4) is 0 Å². The molecule has 0 unspecified atom stereocenters. The number of anilines is 1. The van der Waals surface area contributed by atoms with Gasteiger partial charge in [0, 0.05) is 23.2 Å². The molecule has 2 aliphatic rings. The van der Waals surface area contributed by atoms with Gasteiger partial charge in [-0.25, -0.2) is 0 Å². The largest absolute Gasteiger partial charge is 0.489 e. The maximum Gasteiger partial charge on any atom is 0.255 e. The molecule has 0 heterocycles. The lowest BCUT2D eigenvalue weighted by Gasteiger charge is -2.09. The molecule has 3 aromatic carbocycles. The maximum absolute atomic E-state index is 12.6. The van der Waals surface area contributed by atoms with Crippen molar-refractivity contribution in [3.63, 3.8) is 0 Å². The molecule has 2 fully saturated rings. The number of nitrogens with one attached hydrogen (secondary N) is 2. The summed E-state index contributed by atoms with van der Waals surface area (Å²) in [5.74, 6) is 2.17. The molecule has 2 atom stereocenters. The quantitative estimate of drug-likeness (QED) is 0.497. The van der Waals surface area contributed by atoms with Gasteiger partial charge in [0.15, 0.2) is 0 Å². The van der Waals surface area contributed by atoms with Crippen molar-refractivity contribution in [1.29, 1.82) is 0 Å². The average Bonchev–Trinajstić information content (AvgIpc) is 3.73. The van der Waals surface area contributed by atoms with Crippen LogP contribution in [0.5, 0.6) is 5.75 Å². The first-order valence-electron chi connectivity index (χ1n) is 11.2. The fraction of sp³-hybridized carbons (Fsp3) is 0.296. The monoisotopic (exact) mass is 412 g/mol. The van der Waals surface area contributed by atoms with E-state index < -0.39 is 0 Å². The highest BCUT2D eigenvalue weighted by molar-refractivity contribution is 6.04. The van der Waals surface area contributed by atoms with Crippen molar-refractivity contribution < 1.29 is 9.53 Å². The van der Waals surface area contributed by atoms with Crippen LogP contribution in [0, 0.1) is 5.92 Å². The zero-order valence-electron chi connectivity index (χ0n) is 17.6. The molecule has 1 amide bonds.